The first kappa shape index (κ1) is 19.8. The summed E-state index contributed by atoms with van der Waals surface area (Å²) in [6.45, 7) is 6.44. The summed E-state index contributed by atoms with van der Waals surface area (Å²) < 4.78 is 28.4. The molecule has 2 aromatic carbocycles. The first-order chi connectivity index (χ1) is 12.8. The molecule has 0 spiro atoms. The first-order valence-electron chi connectivity index (χ1n) is 9.38. The van der Waals surface area contributed by atoms with Crippen LogP contribution in [0.15, 0.2) is 59.5 Å². The van der Waals surface area contributed by atoms with Gasteiger partial charge in [0.2, 0.25) is 10.0 Å². The van der Waals surface area contributed by atoms with Crippen LogP contribution in [0.25, 0.3) is 6.08 Å². The van der Waals surface area contributed by atoms with E-state index in [4.69, 9.17) is 0 Å². The largest absolute Gasteiger partial charge is 0.304 e. The van der Waals surface area contributed by atoms with Crippen molar-refractivity contribution in [2.24, 2.45) is 0 Å². The Kier molecular flexibility index (Phi) is 5.84. The molecule has 1 aliphatic carbocycles. The van der Waals surface area contributed by atoms with Gasteiger partial charge in [0.1, 0.15) is 0 Å². The zero-order valence-electron chi connectivity index (χ0n) is 16.2. The summed E-state index contributed by atoms with van der Waals surface area (Å²) in [5.74, 6) is 0. The molecule has 0 radical (unpaired) electrons. The van der Waals surface area contributed by atoms with Gasteiger partial charge in [-0.2, -0.15) is 0 Å². The van der Waals surface area contributed by atoms with Gasteiger partial charge in [-0.05, 0) is 56.4 Å². The van der Waals surface area contributed by atoms with Crippen molar-refractivity contribution < 1.29 is 8.42 Å². The molecule has 1 aliphatic rings. The average Bonchev–Trinajstić information content (AvgIpc) is 2.66. The minimum atomic E-state index is -3.49. The number of hydrogen-bond acceptors (Lipinski definition) is 3. The zero-order valence-corrected chi connectivity index (χ0v) is 17.0. The highest BCUT2D eigenvalue weighted by molar-refractivity contribution is 7.93. The van der Waals surface area contributed by atoms with Gasteiger partial charge < -0.3 is 5.32 Å². The molecule has 0 heterocycles. The lowest BCUT2D eigenvalue weighted by Gasteiger charge is -2.31. The SMILES string of the molecule is CC(NC(C)(C)CNS(=O)(=O)C1=Cc2ccccc2CC1)c1ccccc1. The molecule has 144 valence electrons. The number of sulfonamides is 1. The van der Waals surface area contributed by atoms with Crippen LogP contribution in [0, 0.1) is 0 Å². The Morgan fingerprint density at radius 2 is 1.67 bits per heavy atom. The average molecular weight is 385 g/mol. The molecule has 5 heteroatoms. The van der Waals surface area contributed by atoms with Gasteiger partial charge in [0.25, 0.3) is 0 Å². The molecule has 2 N–H and O–H groups in total. The number of hydrogen-bond donors (Lipinski definition) is 2. The van der Waals surface area contributed by atoms with E-state index < -0.39 is 10.0 Å². The van der Waals surface area contributed by atoms with Crippen molar-refractivity contribution in [2.75, 3.05) is 6.54 Å². The molecule has 0 amide bonds. The summed E-state index contributed by atoms with van der Waals surface area (Å²) in [7, 11) is -3.49. The molecule has 0 fully saturated rings. The van der Waals surface area contributed by atoms with Gasteiger partial charge in [0, 0.05) is 18.1 Å². The molecule has 27 heavy (non-hydrogen) atoms. The van der Waals surface area contributed by atoms with Crippen LogP contribution in [-0.4, -0.2) is 20.5 Å². The minimum Gasteiger partial charge on any atom is -0.304 e. The van der Waals surface area contributed by atoms with E-state index >= 15 is 0 Å². The van der Waals surface area contributed by atoms with Crippen LogP contribution in [-0.2, 0) is 16.4 Å². The van der Waals surface area contributed by atoms with Gasteiger partial charge in [0.15, 0.2) is 0 Å². The maximum absolute atomic E-state index is 12.8. The van der Waals surface area contributed by atoms with Crippen molar-refractivity contribution in [3.8, 4) is 0 Å². The van der Waals surface area contributed by atoms with E-state index in [0.717, 1.165) is 12.0 Å². The van der Waals surface area contributed by atoms with Crippen LogP contribution in [0.3, 0.4) is 0 Å². The number of nitrogens with one attached hydrogen (secondary N) is 2. The number of aryl methyl sites for hydroxylation is 1. The van der Waals surface area contributed by atoms with Gasteiger partial charge in [-0.3, -0.25) is 0 Å². The predicted molar refractivity (Wildman–Crippen MR) is 112 cm³/mol. The fourth-order valence-corrected chi connectivity index (χ4v) is 4.84. The van der Waals surface area contributed by atoms with Crippen molar-refractivity contribution >= 4 is 16.1 Å². The zero-order chi connectivity index (χ0) is 19.5. The molecular weight excluding hydrogens is 356 g/mol. The Hall–Kier alpha value is -1.95. The highest BCUT2D eigenvalue weighted by atomic mass is 32.2. The Balaban J connectivity index is 1.65. The van der Waals surface area contributed by atoms with Gasteiger partial charge in [-0.15, -0.1) is 0 Å². The maximum atomic E-state index is 12.8. The number of allylic oxidation sites excluding steroid dienone is 1. The summed E-state index contributed by atoms with van der Waals surface area (Å²) in [6.07, 6.45) is 3.10. The van der Waals surface area contributed by atoms with Gasteiger partial charge in [-0.25, -0.2) is 13.1 Å². The van der Waals surface area contributed by atoms with Gasteiger partial charge in [-0.1, -0.05) is 54.6 Å². The van der Waals surface area contributed by atoms with Crippen LogP contribution >= 0.6 is 0 Å². The molecule has 1 unspecified atom stereocenters. The van der Waals surface area contributed by atoms with Crippen LogP contribution in [0.1, 0.15) is 49.9 Å². The second kappa shape index (κ2) is 7.97. The van der Waals surface area contributed by atoms with Gasteiger partial charge in [0.05, 0.1) is 4.91 Å². The lowest BCUT2D eigenvalue weighted by Crippen LogP contribution is -2.50. The third kappa shape index (κ3) is 5.06. The van der Waals surface area contributed by atoms with Crippen LogP contribution in [0.5, 0.6) is 0 Å². The van der Waals surface area contributed by atoms with E-state index in [1.807, 2.05) is 50.2 Å². The van der Waals surface area contributed by atoms with Crippen LogP contribution < -0.4 is 10.0 Å². The molecule has 0 aromatic heterocycles. The summed E-state index contributed by atoms with van der Waals surface area (Å²) in [4.78, 5) is 0.466. The molecule has 0 aliphatic heterocycles. The summed E-state index contributed by atoms with van der Waals surface area (Å²) in [5, 5.41) is 3.52. The molecule has 0 bridgehead atoms. The highest BCUT2D eigenvalue weighted by Gasteiger charge is 2.26. The van der Waals surface area contributed by atoms with E-state index in [2.05, 4.69) is 35.2 Å². The fraction of sp³-hybridized carbons (Fsp3) is 0.364. The van der Waals surface area contributed by atoms with Crippen molar-refractivity contribution in [1.29, 1.82) is 0 Å². The molecular formula is C22H28N2O2S. The second-order valence-corrected chi connectivity index (χ2v) is 9.61. The van der Waals surface area contributed by atoms with Crippen molar-refractivity contribution in [1.82, 2.24) is 10.0 Å². The molecule has 1 atom stereocenters. The monoisotopic (exact) mass is 384 g/mol. The Labute approximate surface area is 162 Å². The Bertz CT molecular complexity index is 918. The fourth-order valence-electron chi connectivity index (χ4n) is 3.45. The standard InChI is InChI=1S/C22H28N2O2S/c1-17(18-9-5-4-6-10-18)24-22(2,3)16-23-27(25,26)21-14-13-19-11-7-8-12-20(19)15-21/h4-12,15,17,23-24H,13-14,16H2,1-3H3. The molecule has 0 saturated heterocycles. The van der Waals surface area contributed by atoms with Gasteiger partial charge >= 0.3 is 0 Å². The maximum Gasteiger partial charge on any atom is 0.236 e. The van der Waals surface area contributed by atoms with Crippen molar-refractivity contribution in [2.45, 2.75) is 45.2 Å². The quantitative estimate of drug-likeness (QED) is 0.758. The number of fused-ring (bicyclic) bond motifs is 1. The van der Waals surface area contributed by atoms with E-state index in [0.29, 0.717) is 17.9 Å². The summed E-state index contributed by atoms with van der Waals surface area (Å²) >= 11 is 0. The predicted octanol–water partition coefficient (Wildman–Crippen LogP) is 4.02. The summed E-state index contributed by atoms with van der Waals surface area (Å²) in [5.41, 5.74) is 3.00. The lowest BCUT2D eigenvalue weighted by molar-refractivity contribution is 0.346. The summed E-state index contributed by atoms with van der Waals surface area (Å²) in [6, 6.07) is 18.2. The molecule has 0 saturated carbocycles. The molecule has 4 nitrogen and oxygen atoms in total. The number of benzene rings is 2. The molecule has 3 rings (SSSR count). The van der Waals surface area contributed by atoms with E-state index in [1.165, 1.54) is 11.1 Å². The van der Waals surface area contributed by atoms with E-state index in [1.54, 1.807) is 6.08 Å². The lowest BCUT2D eigenvalue weighted by atomic mass is 9.98. The normalized spacial score (nSPS) is 15.7. The number of rotatable bonds is 7. The van der Waals surface area contributed by atoms with Crippen molar-refractivity contribution in [3.63, 3.8) is 0 Å². The van der Waals surface area contributed by atoms with E-state index in [9.17, 15) is 8.42 Å². The highest BCUT2D eigenvalue weighted by Crippen LogP contribution is 2.26. The Morgan fingerprint density at radius 1 is 1.00 bits per heavy atom. The van der Waals surface area contributed by atoms with Crippen molar-refractivity contribution in [3.05, 3.63) is 76.2 Å². The smallest absolute Gasteiger partial charge is 0.236 e. The van der Waals surface area contributed by atoms with Crippen LogP contribution in [0.4, 0.5) is 0 Å². The Morgan fingerprint density at radius 3 is 2.41 bits per heavy atom. The topological polar surface area (TPSA) is 58.2 Å². The first-order valence-corrected chi connectivity index (χ1v) is 10.9. The van der Waals surface area contributed by atoms with E-state index in [-0.39, 0.29) is 11.6 Å². The van der Waals surface area contributed by atoms with Crippen LogP contribution in [0.2, 0.25) is 0 Å². The third-order valence-corrected chi connectivity index (χ3v) is 6.51. The second-order valence-electron chi connectivity index (χ2n) is 7.79. The third-order valence-electron chi connectivity index (χ3n) is 4.97. The minimum absolute atomic E-state index is 0.131. The molecule has 2 aromatic rings.